The molecule has 84 valence electrons. The Balaban J connectivity index is 1.87. The predicted molar refractivity (Wildman–Crippen MR) is 58.8 cm³/mol. The molecule has 1 aliphatic heterocycles. The van der Waals surface area contributed by atoms with Gasteiger partial charge in [-0.05, 0) is 17.5 Å². The van der Waals surface area contributed by atoms with Crippen LogP contribution in [0.5, 0.6) is 0 Å². The third-order valence-corrected chi connectivity index (χ3v) is 2.91. The molecule has 0 saturated carbocycles. The maximum Gasteiger partial charge on any atom is 0.347 e. The Hall–Kier alpha value is -1.62. The summed E-state index contributed by atoms with van der Waals surface area (Å²) < 4.78 is 9.60. The van der Waals surface area contributed by atoms with Crippen molar-refractivity contribution in [1.82, 2.24) is 0 Å². The second-order valence-corrected chi connectivity index (χ2v) is 4.21. The number of ether oxygens (including phenoxy) is 2. The van der Waals surface area contributed by atoms with Crippen molar-refractivity contribution in [2.75, 3.05) is 6.61 Å². The number of esters is 2. The van der Waals surface area contributed by atoms with E-state index in [1.165, 1.54) is 17.4 Å². The molecule has 2 heterocycles. The lowest BCUT2D eigenvalue weighted by Gasteiger charge is -2.04. The Morgan fingerprint density at radius 1 is 1.62 bits per heavy atom. The van der Waals surface area contributed by atoms with Gasteiger partial charge >= 0.3 is 11.9 Å². The van der Waals surface area contributed by atoms with E-state index in [-0.39, 0.29) is 0 Å². The first-order chi connectivity index (χ1) is 7.75. The zero-order valence-electron chi connectivity index (χ0n) is 8.42. The monoisotopic (exact) mass is 238 g/mol. The standard InChI is InChI=1S/C11H10O4S/c12-10(4-3-8-2-1-7-16-8)15-9-5-6-14-11(9)13/h1-4,7,9H,5-6H2/b4-3+/t9-/m1/s1. The van der Waals surface area contributed by atoms with Crippen molar-refractivity contribution in [3.8, 4) is 0 Å². The lowest BCUT2D eigenvalue weighted by Crippen LogP contribution is -2.21. The molecule has 1 aromatic rings. The number of thiophene rings is 1. The summed E-state index contributed by atoms with van der Waals surface area (Å²) in [4.78, 5) is 23.3. The van der Waals surface area contributed by atoms with Crippen LogP contribution < -0.4 is 0 Å². The molecule has 1 aromatic heterocycles. The minimum absolute atomic E-state index is 0.325. The van der Waals surface area contributed by atoms with E-state index in [9.17, 15) is 9.59 Å². The molecule has 1 saturated heterocycles. The number of carbonyl (C=O) groups is 2. The molecule has 4 nitrogen and oxygen atoms in total. The minimum Gasteiger partial charge on any atom is -0.463 e. The smallest absolute Gasteiger partial charge is 0.347 e. The molecule has 0 amide bonds. The largest absolute Gasteiger partial charge is 0.463 e. The van der Waals surface area contributed by atoms with Gasteiger partial charge < -0.3 is 9.47 Å². The summed E-state index contributed by atoms with van der Waals surface area (Å²) >= 11 is 1.52. The highest BCUT2D eigenvalue weighted by atomic mass is 32.1. The molecule has 0 N–H and O–H groups in total. The first-order valence-corrected chi connectivity index (χ1v) is 5.72. The molecule has 1 aliphatic rings. The average Bonchev–Trinajstić information content (AvgIpc) is 2.88. The maximum atomic E-state index is 11.3. The van der Waals surface area contributed by atoms with Crippen molar-refractivity contribution < 1.29 is 19.1 Å². The zero-order chi connectivity index (χ0) is 11.4. The number of cyclic esters (lactones) is 1. The van der Waals surface area contributed by atoms with Crippen molar-refractivity contribution in [3.63, 3.8) is 0 Å². The van der Waals surface area contributed by atoms with Gasteiger partial charge in [0.25, 0.3) is 0 Å². The van der Waals surface area contributed by atoms with Crippen LogP contribution in [0.2, 0.25) is 0 Å². The number of hydrogen-bond acceptors (Lipinski definition) is 5. The van der Waals surface area contributed by atoms with Crippen molar-refractivity contribution in [2.24, 2.45) is 0 Å². The van der Waals surface area contributed by atoms with Crippen LogP contribution in [0.3, 0.4) is 0 Å². The van der Waals surface area contributed by atoms with E-state index in [2.05, 4.69) is 4.74 Å². The van der Waals surface area contributed by atoms with E-state index in [1.54, 1.807) is 6.08 Å². The van der Waals surface area contributed by atoms with Gasteiger partial charge in [0.05, 0.1) is 6.61 Å². The van der Waals surface area contributed by atoms with E-state index in [4.69, 9.17) is 4.74 Å². The third kappa shape index (κ3) is 2.70. The molecule has 0 unspecified atom stereocenters. The lowest BCUT2D eigenvalue weighted by atomic mass is 10.3. The van der Waals surface area contributed by atoms with Crippen LogP contribution in [-0.2, 0) is 19.1 Å². The van der Waals surface area contributed by atoms with Gasteiger partial charge in [0.2, 0.25) is 6.10 Å². The average molecular weight is 238 g/mol. The fourth-order valence-corrected chi connectivity index (χ4v) is 1.92. The van der Waals surface area contributed by atoms with Crippen molar-refractivity contribution in [2.45, 2.75) is 12.5 Å². The highest BCUT2D eigenvalue weighted by Crippen LogP contribution is 2.12. The van der Waals surface area contributed by atoms with Crippen LogP contribution in [0.15, 0.2) is 23.6 Å². The SMILES string of the molecule is O=C(/C=C/c1cccs1)O[C@@H]1CCOC1=O. The third-order valence-electron chi connectivity index (χ3n) is 2.07. The summed E-state index contributed by atoms with van der Waals surface area (Å²) in [5.74, 6) is -0.977. The summed E-state index contributed by atoms with van der Waals surface area (Å²) in [6.07, 6.45) is 2.68. The Kier molecular flexibility index (Phi) is 3.36. The molecular formula is C11H10O4S. The van der Waals surface area contributed by atoms with Gasteiger partial charge in [0, 0.05) is 17.4 Å². The van der Waals surface area contributed by atoms with Crippen molar-refractivity contribution in [1.29, 1.82) is 0 Å². The fourth-order valence-electron chi connectivity index (χ4n) is 1.30. The molecule has 0 radical (unpaired) electrons. The first kappa shape index (κ1) is 10.9. The van der Waals surface area contributed by atoms with Crippen LogP contribution >= 0.6 is 11.3 Å². The maximum absolute atomic E-state index is 11.3. The quantitative estimate of drug-likeness (QED) is 0.593. The summed E-state index contributed by atoms with van der Waals surface area (Å²) in [5.41, 5.74) is 0. The van der Waals surface area contributed by atoms with Crippen LogP contribution in [0.4, 0.5) is 0 Å². The van der Waals surface area contributed by atoms with Gasteiger partial charge in [0.1, 0.15) is 0 Å². The van der Waals surface area contributed by atoms with Gasteiger partial charge in [-0.2, -0.15) is 0 Å². The Morgan fingerprint density at radius 2 is 2.50 bits per heavy atom. The van der Waals surface area contributed by atoms with E-state index in [1.807, 2.05) is 17.5 Å². The Morgan fingerprint density at radius 3 is 3.12 bits per heavy atom. The first-order valence-electron chi connectivity index (χ1n) is 4.84. The minimum atomic E-state index is -0.736. The van der Waals surface area contributed by atoms with Crippen LogP contribution in [0.1, 0.15) is 11.3 Å². The normalized spacial score (nSPS) is 20.0. The van der Waals surface area contributed by atoms with Crippen LogP contribution in [-0.4, -0.2) is 24.6 Å². The molecule has 0 spiro atoms. The second kappa shape index (κ2) is 4.94. The van der Waals surface area contributed by atoms with Gasteiger partial charge in [-0.3, -0.25) is 0 Å². The lowest BCUT2D eigenvalue weighted by molar-refractivity contribution is -0.156. The highest BCUT2D eigenvalue weighted by molar-refractivity contribution is 7.10. The summed E-state index contributed by atoms with van der Waals surface area (Å²) in [5, 5.41) is 1.92. The van der Waals surface area contributed by atoms with Crippen molar-refractivity contribution >= 4 is 29.4 Å². The number of hydrogen-bond donors (Lipinski definition) is 0. The summed E-state index contributed by atoms with van der Waals surface area (Å²) in [6, 6.07) is 3.78. The fraction of sp³-hybridized carbons (Fsp3) is 0.273. The topological polar surface area (TPSA) is 52.6 Å². The zero-order valence-corrected chi connectivity index (χ0v) is 9.24. The molecule has 1 fully saturated rings. The Bertz CT molecular complexity index is 408. The molecule has 0 aromatic carbocycles. The summed E-state index contributed by atoms with van der Waals surface area (Å²) in [7, 11) is 0. The van der Waals surface area contributed by atoms with Gasteiger partial charge in [0.15, 0.2) is 0 Å². The number of rotatable bonds is 3. The van der Waals surface area contributed by atoms with Gasteiger partial charge in [-0.1, -0.05) is 6.07 Å². The van der Waals surface area contributed by atoms with E-state index >= 15 is 0 Å². The van der Waals surface area contributed by atoms with Gasteiger partial charge in [-0.25, -0.2) is 9.59 Å². The molecular weight excluding hydrogens is 228 g/mol. The van der Waals surface area contributed by atoms with E-state index < -0.39 is 18.0 Å². The van der Waals surface area contributed by atoms with Crippen LogP contribution in [0.25, 0.3) is 6.08 Å². The van der Waals surface area contributed by atoms with E-state index in [0.29, 0.717) is 13.0 Å². The van der Waals surface area contributed by atoms with Crippen LogP contribution in [0, 0.1) is 0 Å². The van der Waals surface area contributed by atoms with E-state index in [0.717, 1.165) is 4.88 Å². The molecule has 0 aliphatic carbocycles. The predicted octanol–water partition coefficient (Wildman–Crippen LogP) is 1.62. The second-order valence-electron chi connectivity index (χ2n) is 3.23. The number of carbonyl (C=O) groups excluding carboxylic acids is 2. The molecule has 2 rings (SSSR count). The molecule has 1 atom stereocenters. The van der Waals surface area contributed by atoms with Crippen molar-refractivity contribution in [3.05, 3.63) is 28.5 Å². The Labute approximate surface area is 96.5 Å². The highest BCUT2D eigenvalue weighted by Gasteiger charge is 2.29. The van der Waals surface area contributed by atoms with Gasteiger partial charge in [-0.15, -0.1) is 11.3 Å². The molecule has 5 heteroatoms. The molecule has 0 bridgehead atoms. The summed E-state index contributed by atoms with van der Waals surface area (Å²) in [6.45, 7) is 0.325. The molecule has 16 heavy (non-hydrogen) atoms.